The van der Waals surface area contributed by atoms with Crippen molar-refractivity contribution in [3.05, 3.63) is 83.0 Å². The van der Waals surface area contributed by atoms with Crippen LogP contribution in [0.1, 0.15) is 31.8 Å². The molecule has 0 aliphatic heterocycles. The maximum atomic E-state index is 13.5. The van der Waals surface area contributed by atoms with Crippen LogP contribution in [0.25, 0.3) is 0 Å². The molecule has 0 saturated heterocycles. The fraction of sp³-hybridized carbons (Fsp3) is 0.259. The van der Waals surface area contributed by atoms with E-state index in [4.69, 9.17) is 9.47 Å². The van der Waals surface area contributed by atoms with Crippen LogP contribution >= 0.6 is 0 Å². The van der Waals surface area contributed by atoms with Crippen LogP contribution in [0.2, 0.25) is 0 Å². The van der Waals surface area contributed by atoms with Crippen molar-refractivity contribution < 1.29 is 42.1 Å². The van der Waals surface area contributed by atoms with Crippen molar-refractivity contribution in [2.24, 2.45) is 0 Å². The van der Waals surface area contributed by atoms with Crippen molar-refractivity contribution >= 4 is 23.5 Å². The van der Waals surface area contributed by atoms with Crippen LogP contribution in [0.15, 0.2) is 60.8 Å². The van der Waals surface area contributed by atoms with Crippen LogP contribution < -0.4 is 9.64 Å². The number of pyridine rings is 1. The number of likely N-dealkylation sites (N-methyl/N-ethyl adjacent to an activating group) is 1. The van der Waals surface area contributed by atoms with Gasteiger partial charge in [0.25, 0.3) is 5.91 Å². The zero-order chi connectivity index (χ0) is 28.7. The fourth-order valence-corrected chi connectivity index (χ4v) is 3.51. The first-order valence-corrected chi connectivity index (χ1v) is 11.6. The molecule has 0 spiro atoms. The zero-order valence-electron chi connectivity index (χ0n) is 21.4. The van der Waals surface area contributed by atoms with Crippen molar-refractivity contribution in [1.82, 2.24) is 9.88 Å². The second kappa shape index (κ2) is 12.4. The Labute approximate surface area is 222 Å². The number of hydrogen-bond donors (Lipinski definition) is 1. The van der Waals surface area contributed by atoms with E-state index < -0.39 is 47.5 Å². The molecule has 9 nitrogen and oxygen atoms in total. The molecule has 206 valence electrons. The number of carboxylic acid groups (broad SMARTS) is 1. The Kier molecular flexibility index (Phi) is 9.25. The van der Waals surface area contributed by atoms with Gasteiger partial charge < -0.3 is 19.5 Å². The number of alkyl halides is 3. The Morgan fingerprint density at radius 3 is 2.36 bits per heavy atom. The lowest BCUT2D eigenvalue weighted by Crippen LogP contribution is -2.43. The number of carbonyl (C=O) groups excluding carboxylic acids is 2. The summed E-state index contributed by atoms with van der Waals surface area (Å²) >= 11 is 0. The average Bonchev–Trinajstić information content (AvgIpc) is 2.90. The molecule has 0 bridgehead atoms. The predicted molar refractivity (Wildman–Crippen MR) is 135 cm³/mol. The Bertz CT molecular complexity index is 1350. The van der Waals surface area contributed by atoms with Gasteiger partial charge in [0.2, 0.25) is 11.8 Å². The summed E-state index contributed by atoms with van der Waals surface area (Å²) < 4.78 is 50.4. The number of aromatic nitrogens is 1. The lowest BCUT2D eigenvalue weighted by Gasteiger charge is -2.27. The number of aryl methyl sites for hydroxylation is 1. The third-order valence-electron chi connectivity index (χ3n) is 5.67. The van der Waals surface area contributed by atoms with Crippen LogP contribution in [0, 0.1) is 6.92 Å². The number of amides is 2. The highest BCUT2D eigenvalue weighted by atomic mass is 19.4. The number of benzene rings is 2. The first-order valence-electron chi connectivity index (χ1n) is 11.6. The lowest BCUT2D eigenvalue weighted by molar-refractivity contribution is -0.139. The monoisotopic (exact) mass is 545 g/mol. The van der Waals surface area contributed by atoms with Gasteiger partial charge in [-0.1, -0.05) is 17.7 Å². The van der Waals surface area contributed by atoms with Gasteiger partial charge in [0.05, 0.1) is 17.9 Å². The molecular weight excluding hydrogens is 519 g/mol. The number of carboxylic acids is 1. The van der Waals surface area contributed by atoms with Gasteiger partial charge in [0.15, 0.2) is 0 Å². The van der Waals surface area contributed by atoms with E-state index in [2.05, 4.69) is 4.98 Å². The van der Waals surface area contributed by atoms with E-state index in [0.29, 0.717) is 0 Å². The van der Waals surface area contributed by atoms with Crippen LogP contribution in [0.3, 0.4) is 0 Å². The molecular formula is C27H26F3N3O6. The molecule has 1 N–H and O–H groups in total. The summed E-state index contributed by atoms with van der Waals surface area (Å²) in [7, 11) is 2.98. The van der Waals surface area contributed by atoms with Gasteiger partial charge in [0, 0.05) is 32.5 Å². The molecule has 39 heavy (non-hydrogen) atoms. The minimum atomic E-state index is -4.76. The second-order valence-corrected chi connectivity index (χ2v) is 8.51. The normalized spacial score (nSPS) is 11.1. The molecule has 0 saturated carbocycles. The van der Waals surface area contributed by atoms with Gasteiger partial charge in [0.1, 0.15) is 17.9 Å². The number of rotatable bonds is 10. The van der Waals surface area contributed by atoms with Gasteiger partial charge in [-0.05, 0) is 49.4 Å². The van der Waals surface area contributed by atoms with Crippen molar-refractivity contribution in [2.75, 3.05) is 38.8 Å². The fourth-order valence-electron chi connectivity index (χ4n) is 3.51. The third kappa shape index (κ3) is 7.32. The summed E-state index contributed by atoms with van der Waals surface area (Å²) in [6.07, 6.45) is -3.66. The summed E-state index contributed by atoms with van der Waals surface area (Å²) in [6, 6.07) is 11.7. The molecule has 0 radical (unpaired) electrons. The van der Waals surface area contributed by atoms with Crippen LogP contribution in [-0.2, 0) is 15.7 Å². The molecule has 0 unspecified atom stereocenters. The van der Waals surface area contributed by atoms with E-state index in [-0.39, 0.29) is 30.2 Å². The number of carbonyl (C=O) groups is 3. The summed E-state index contributed by atoms with van der Waals surface area (Å²) in [6.45, 7) is 1.79. The van der Waals surface area contributed by atoms with Crippen LogP contribution in [0.4, 0.5) is 18.9 Å². The predicted octanol–water partition coefficient (Wildman–Crippen LogP) is 4.65. The quantitative estimate of drug-likeness (QED) is 0.395. The molecule has 0 fully saturated rings. The highest BCUT2D eigenvalue weighted by molar-refractivity contribution is 6.11. The molecule has 0 atom stereocenters. The number of anilines is 1. The Balaban J connectivity index is 2.04. The average molecular weight is 546 g/mol. The molecule has 2 amide bonds. The number of halogens is 3. The Hall–Kier alpha value is -4.45. The number of nitrogens with zero attached hydrogens (tertiary/aromatic N) is 3. The standard InChI is InChI=1S/C27H26F3N3O6/c1-17-6-8-18(9-7-17)25(35)33(16-23(34)32(2)13-14-38-3)22-11-10-19(15-20(22)26(36)37)39-24-21(27(28,29)30)5-4-12-31-24/h4-12,15H,13-14,16H2,1-3H3,(H,36,37). The van der Waals surface area contributed by atoms with Gasteiger partial charge >= 0.3 is 12.1 Å². The summed E-state index contributed by atoms with van der Waals surface area (Å²) in [4.78, 5) is 44.6. The lowest BCUT2D eigenvalue weighted by atomic mass is 10.1. The van der Waals surface area contributed by atoms with E-state index in [1.165, 1.54) is 31.2 Å². The van der Waals surface area contributed by atoms with Crippen molar-refractivity contribution in [1.29, 1.82) is 0 Å². The Morgan fingerprint density at radius 2 is 1.74 bits per heavy atom. The second-order valence-electron chi connectivity index (χ2n) is 8.51. The molecule has 0 aliphatic carbocycles. The molecule has 2 aromatic carbocycles. The molecule has 3 aromatic rings. The summed E-state index contributed by atoms with van der Waals surface area (Å²) in [5, 5.41) is 9.94. The molecule has 0 aliphatic rings. The molecule has 12 heteroatoms. The SMILES string of the molecule is COCCN(C)C(=O)CN(C(=O)c1ccc(C)cc1)c1ccc(Oc2ncccc2C(F)(F)F)cc1C(=O)O. The van der Waals surface area contributed by atoms with E-state index in [1.807, 2.05) is 6.92 Å². The third-order valence-corrected chi connectivity index (χ3v) is 5.67. The summed E-state index contributed by atoms with van der Waals surface area (Å²) in [5.41, 5.74) is -0.676. The molecule has 3 rings (SSSR count). The zero-order valence-corrected chi connectivity index (χ0v) is 21.4. The number of aromatic carboxylic acids is 1. The number of ether oxygens (including phenoxy) is 2. The maximum Gasteiger partial charge on any atom is 0.421 e. The maximum absolute atomic E-state index is 13.5. The van der Waals surface area contributed by atoms with Gasteiger partial charge in [-0.25, -0.2) is 9.78 Å². The number of methoxy groups -OCH3 is 1. The Morgan fingerprint density at radius 1 is 1.05 bits per heavy atom. The highest BCUT2D eigenvalue weighted by Crippen LogP contribution is 2.37. The van der Waals surface area contributed by atoms with Crippen molar-refractivity contribution in [3.8, 4) is 11.6 Å². The van der Waals surface area contributed by atoms with E-state index in [0.717, 1.165) is 34.9 Å². The van der Waals surface area contributed by atoms with Gasteiger partial charge in [-0.3, -0.25) is 14.5 Å². The van der Waals surface area contributed by atoms with Gasteiger partial charge in [-0.15, -0.1) is 0 Å². The van der Waals surface area contributed by atoms with Crippen LogP contribution in [0.5, 0.6) is 11.6 Å². The highest BCUT2D eigenvalue weighted by Gasteiger charge is 2.35. The molecule has 1 aromatic heterocycles. The van der Waals surface area contributed by atoms with E-state index in [9.17, 15) is 32.7 Å². The van der Waals surface area contributed by atoms with Crippen molar-refractivity contribution in [3.63, 3.8) is 0 Å². The van der Waals surface area contributed by atoms with E-state index in [1.54, 1.807) is 24.3 Å². The summed E-state index contributed by atoms with van der Waals surface area (Å²) in [5.74, 6) is -3.66. The largest absolute Gasteiger partial charge is 0.478 e. The topological polar surface area (TPSA) is 109 Å². The van der Waals surface area contributed by atoms with Crippen LogP contribution in [-0.4, -0.2) is 66.6 Å². The van der Waals surface area contributed by atoms with E-state index >= 15 is 0 Å². The minimum Gasteiger partial charge on any atom is -0.478 e. The van der Waals surface area contributed by atoms with Crippen molar-refractivity contribution in [2.45, 2.75) is 13.1 Å². The molecule has 1 heterocycles. The number of hydrogen-bond acceptors (Lipinski definition) is 6. The smallest absolute Gasteiger partial charge is 0.421 e. The minimum absolute atomic E-state index is 0.147. The first kappa shape index (κ1) is 29.1. The van der Waals surface area contributed by atoms with Gasteiger partial charge in [-0.2, -0.15) is 13.2 Å². The first-order chi connectivity index (χ1) is 18.4.